The van der Waals surface area contributed by atoms with Gasteiger partial charge in [0.1, 0.15) is 9.75 Å². The first-order valence-corrected chi connectivity index (χ1v) is 6.23. The van der Waals surface area contributed by atoms with Crippen molar-refractivity contribution in [1.82, 2.24) is 0 Å². The highest BCUT2D eigenvalue weighted by Crippen LogP contribution is 2.19. The van der Waals surface area contributed by atoms with Crippen LogP contribution in [0, 0.1) is 0 Å². The van der Waals surface area contributed by atoms with Crippen LogP contribution < -0.4 is 0 Å². The summed E-state index contributed by atoms with van der Waals surface area (Å²) in [5.74, 6) is -0.817. The number of hydrogen-bond donors (Lipinski definition) is 0. The number of carbonyl (C=O) groups is 2. The van der Waals surface area contributed by atoms with Crippen molar-refractivity contribution in [3.63, 3.8) is 0 Å². The Morgan fingerprint density at radius 3 is 1.59 bits per heavy atom. The molecule has 0 unspecified atom stereocenters. The second-order valence-electron chi connectivity index (χ2n) is 4.07. The van der Waals surface area contributed by atoms with Crippen LogP contribution in [0.5, 0.6) is 0 Å². The predicted molar refractivity (Wildman–Crippen MR) is 65.4 cm³/mol. The summed E-state index contributed by atoms with van der Waals surface area (Å²) in [7, 11) is 0. The molecule has 0 aliphatic rings. The average molecular weight is 256 g/mol. The van der Waals surface area contributed by atoms with E-state index < -0.39 is 11.9 Å². The van der Waals surface area contributed by atoms with Crippen molar-refractivity contribution in [2.75, 3.05) is 0 Å². The maximum absolute atomic E-state index is 11.5. The van der Waals surface area contributed by atoms with Gasteiger partial charge in [0.2, 0.25) is 0 Å². The summed E-state index contributed by atoms with van der Waals surface area (Å²) < 4.78 is 10.1. The zero-order valence-corrected chi connectivity index (χ0v) is 11.2. The fraction of sp³-hybridized carbons (Fsp3) is 0.500. The topological polar surface area (TPSA) is 52.6 Å². The van der Waals surface area contributed by atoms with Crippen molar-refractivity contribution in [2.45, 2.75) is 39.9 Å². The maximum atomic E-state index is 11.5. The van der Waals surface area contributed by atoms with E-state index in [2.05, 4.69) is 0 Å². The molecule has 0 saturated carbocycles. The van der Waals surface area contributed by atoms with E-state index in [0.717, 1.165) is 11.3 Å². The van der Waals surface area contributed by atoms with Crippen LogP contribution in [0.3, 0.4) is 0 Å². The molecule has 0 fully saturated rings. The van der Waals surface area contributed by atoms with Gasteiger partial charge in [-0.05, 0) is 39.8 Å². The lowest BCUT2D eigenvalue weighted by atomic mass is 10.4. The van der Waals surface area contributed by atoms with Gasteiger partial charge in [0, 0.05) is 0 Å². The van der Waals surface area contributed by atoms with Gasteiger partial charge in [-0.1, -0.05) is 0 Å². The number of carbonyl (C=O) groups excluding carboxylic acids is 2. The van der Waals surface area contributed by atoms with Crippen molar-refractivity contribution in [2.24, 2.45) is 0 Å². The Hall–Kier alpha value is -1.36. The van der Waals surface area contributed by atoms with E-state index in [1.54, 1.807) is 39.8 Å². The van der Waals surface area contributed by atoms with Gasteiger partial charge in [0.15, 0.2) is 0 Å². The molecule has 0 saturated heterocycles. The van der Waals surface area contributed by atoms with Gasteiger partial charge in [-0.3, -0.25) is 0 Å². The van der Waals surface area contributed by atoms with Crippen LogP contribution in [0.1, 0.15) is 47.0 Å². The summed E-state index contributed by atoms with van der Waals surface area (Å²) in [5.41, 5.74) is 0. The molecule has 5 heteroatoms. The molecule has 0 aliphatic heterocycles. The molecule has 0 N–H and O–H groups in total. The summed E-state index contributed by atoms with van der Waals surface area (Å²) >= 11 is 1.08. The van der Waals surface area contributed by atoms with Gasteiger partial charge < -0.3 is 9.47 Å². The molecule has 4 nitrogen and oxygen atoms in total. The number of esters is 2. The molecule has 0 bridgehead atoms. The number of ether oxygens (including phenoxy) is 2. The summed E-state index contributed by atoms with van der Waals surface area (Å²) in [4.78, 5) is 23.9. The molecule has 1 heterocycles. The van der Waals surface area contributed by atoms with Gasteiger partial charge in [0.25, 0.3) is 0 Å². The Balaban J connectivity index is 2.71. The lowest BCUT2D eigenvalue weighted by molar-refractivity contribution is 0.0375. The van der Waals surface area contributed by atoms with Gasteiger partial charge in [-0.2, -0.15) is 0 Å². The van der Waals surface area contributed by atoms with E-state index in [1.165, 1.54) is 0 Å². The Bertz CT molecular complexity index is 370. The molecule has 0 atom stereocenters. The molecule has 17 heavy (non-hydrogen) atoms. The maximum Gasteiger partial charge on any atom is 0.348 e. The first kappa shape index (κ1) is 13.7. The highest BCUT2D eigenvalue weighted by molar-refractivity contribution is 7.15. The molecule has 94 valence electrons. The second-order valence-corrected chi connectivity index (χ2v) is 5.16. The highest BCUT2D eigenvalue weighted by atomic mass is 32.1. The highest BCUT2D eigenvalue weighted by Gasteiger charge is 2.17. The van der Waals surface area contributed by atoms with E-state index in [-0.39, 0.29) is 12.2 Å². The smallest absolute Gasteiger partial charge is 0.348 e. The first-order valence-electron chi connectivity index (χ1n) is 5.42. The monoisotopic (exact) mass is 256 g/mol. The summed E-state index contributed by atoms with van der Waals surface area (Å²) in [5, 5.41) is 0. The first-order chi connectivity index (χ1) is 7.90. The molecule has 1 aromatic heterocycles. The molecule has 0 amide bonds. The Morgan fingerprint density at radius 2 is 1.29 bits per heavy atom. The minimum absolute atomic E-state index is 0.171. The third-order valence-electron chi connectivity index (χ3n) is 1.69. The summed E-state index contributed by atoms with van der Waals surface area (Å²) in [6.07, 6.45) is -0.341. The van der Waals surface area contributed by atoms with Crippen molar-refractivity contribution in [3.8, 4) is 0 Å². The van der Waals surface area contributed by atoms with Crippen molar-refractivity contribution in [3.05, 3.63) is 21.9 Å². The molecule has 0 aliphatic carbocycles. The Morgan fingerprint density at radius 1 is 0.941 bits per heavy atom. The van der Waals surface area contributed by atoms with E-state index >= 15 is 0 Å². The van der Waals surface area contributed by atoms with Gasteiger partial charge in [-0.25, -0.2) is 9.59 Å². The van der Waals surface area contributed by atoms with Crippen LogP contribution in [-0.4, -0.2) is 24.1 Å². The van der Waals surface area contributed by atoms with Crippen LogP contribution in [0.2, 0.25) is 0 Å². The Labute approximate surface area is 105 Å². The van der Waals surface area contributed by atoms with E-state index in [1.807, 2.05) is 0 Å². The molecule has 1 aromatic rings. The van der Waals surface area contributed by atoms with Gasteiger partial charge >= 0.3 is 11.9 Å². The molecular weight excluding hydrogens is 240 g/mol. The van der Waals surface area contributed by atoms with E-state index in [4.69, 9.17) is 9.47 Å². The largest absolute Gasteiger partial charge is 0.459 e. The second kappa shape index (κ2) is 5.82. The molecule has 1 rings (SSSR count). The number of hydrogen-bond acceptors (Lipinski definition) is 5. The third kappa shape index (κ3) is 4.19. The molecule has 0 radical (unpaired) electrons. The fourth-order valence-electron chi connectivity index (χ4n) is 1.10. The Kier molecular flexibility index (Phi) is 4.69. The standard InChI is InChI=1S/C12H16O4S/c1-7(2)15-11(13)9-5-6-10(17-9)12(14)16-8(3)4/h5-8H,1-4H3. The van der Waals surface area contributed by atoms with Gasteiger partial charge in [-0.15, -0.1) is 11.3 Å². The minimum Gasteiger partial charge on any atom is -0.459 e. The van der Waals surface area contributed by atoms with Crippen molar-refractivity contribution in [1.29, 1.82) is 0 Å². The molecule has 0 aromatic carbocycles. The van der Waals surface area contributed by atoms with Crippen LogP contribution in [0.15, 0.2) is 12.1 Å². The van der Waals surface area contributed by atoms with E-state index in [9.17, 15) is 9.59 Å². The SMILES string of the molecule is CC(C)OC(=O)c1ccc(C(=O)OC(C)C)s1. The molecule has 0 spiro atoms. The van der Waals surface area contributed by atoms with Crippen LogP contribution in [0.4, 0.5) is 0 Å². The van der Waals surface area contributed by atoms with Gasteiger partial charge in [0.05, 0.1) is 12.2 Å². The van der Waals surface area contributed by atoms with Crippen molar-refractivity contribution >= 4 is 23.3 Å². The predicted octanol–water partition coefficient (Wildman–Crippen LogP) is 2.88. The number of rotatable bonds is 4. The third-order valence-corrected chi connectivity index (χ3v) is 2.74. The zero-order valence-electron chi connectivity index (χ0n) is 10.4. The fourth-order valence-corrected chi connectivity index (χ4v) is 1.87. The quantitative estimate of drug-likeness (QED) is 0.777. The summed E-state index contributed by atoms with van der Waals surface area (Å²) in [6, 6.07) is 3.15. The van der Waals surface area contributed by atoms with Crippen LogP contribution in [0.25, 0.3) is 0 Å². The molecular formula is C12H16O4S. The zero-order chi connectivity index (χ0) is 13.0. The normalized spacial score (nSPS) is 10.7. The van der Waals surface area contributed by atoms with Crippen molar-refractivity contribution < 1.29 is 19.1 Å². The summed E-state index contributed by atoms with van der Waals surface area (Å²) in [6.45, 7) is 7.11. The van der Waals surface area contributed by atoms with Crippen LogP contribution in [-0.2, 0) is 9.47 Å². The minimum atomic E-state index is -0.409. The number of thiophene rings is 1. The lowest BCUT2D eigenvalue weighted by Crippen LogP contribution is -2.11. The average Bonchev–Trinajstić information content (AvgIpc) is 2.63. The lowest BCUT2D eigenvalue weighted by Gasteiger charge is -2.06. The van der Waals surface area contributed by atoms with Crippen LogP contribution >= 0.6 is 11.3 Å². The van der Waals surface area contributed by atoms with E-state index in [0.29, 0.717) is 9.75 Å².